The van der Waals surface area contributed by atoms with E-state index >= 15 is 0 Å². The maximum absolute atomic E-state index is 12.4. The molecule has 2 rings (SSSR count). The molecule has 0 bridgehead atoms. The predicted molar refractivity (Wildman–Crippen MR) is 72.2 cm³/mol. The van der Waals surface area contributed by atoms with Crippen LogP contribution < -0.4 is 0 Å². The van der Waals surface area contributed by atoms with E-state index in [-0.39, 0.29) is 12.6 Å². The number of hydrogen-bond acceptors (Lipinski definition) is 4. The molecule has 1 fully saturated rings. The summed E-state index contributed by atoms with van der Waals surface area (Å²) in [6, 6.07) is 3.49. The first-order valence-corrected chi connectivity index (χ1v) is 8.40. The van der Waals surface area contributed by atoms with Gasteiger partial charge in [-0.05, 0) is 37.8 Å². The van der Waals surface area contributed by atoms with Crippen molar-refractivity contribution < 1.29 is 13.5 Å². The monoisotopic (exact) mass is 289 g/mol. The summed E-state index contributed by atoms with van der Waals surface area (Å²) in [4.78, 5) is 0.906. The van der Waals surface area contributed by atoms with Crippen LogP contribution in [0.4, 0.5) is 0 Å². The molecular formula is C12H19NO3S2. The van der Waals surface area contributed by atoms with Gasteiger partial charge in [0.25, 0.3) is 10.0 Å². The zero-order valence-corrected chi connectivity index (χ0v) is 12.3. The van der Waals surface area contributed by atoms with E-state index in [0.29, 0.717) is 16.5 Å². The van der Waals surface area contributed by atoms with Crippen molar-refractivity contribution in [1.82, 2.24) is 4.31 Å². The first kappa shape index (κ1) is 14.0. The van der Waals surface area contributed by atoms with Crippen molar-refractivity contribution in [2.45, 2.75) is 36.4 Å². The highest BCUT2D eigenvalue weighted by atomic mass is 32.2. The molecule has 0 amide bonds. The van der Waals surface area contributed by atoms with Gasteiger partial charge >= 0.3 is 0 Å². The number of thiophene rings is 1. The lowest BCUT2D eigenvalue weighted by molar-refractivity contribution is 0.300. The van der Waals surface area contributed by atoms with E-state index in [4.69, 9.17) is 5.11 Å². The summed E-state index contributed by atoms with van der Waals surface area (Å²) in [5.74, 6) is 0.515. The zero-order valence-electron chi connectivity index (χ0n) is 10.7. The van der Waals surface area contributed by atoms with E-state index in [0.717, 1.165) is 17.7 Å². The van der Waals surface area contributed by atoms with E-state index < -0.39 is 10.0 Å². The van der Waals surface area contributed by atoms with Gasteiger partial charge in [0.05, 0.1) is 0 Å². The average molecular weight is 289 g/mol. The van der Waals surface area contributed by atoms with Crippen LogP contribution in [0.5, 0.6) is 0 Å². The Balaban J connectivity index is 2.17. The van der Waals surface area contributed by atoms with Gasteiger partial charge in [0.15, 0.2) is 0 Å². The quantitative estimate of drug-likeness (QED) is 0.867. The van der Waals surface area contributed by atoms with Crippen molar-refractivity contribution in [3.8, 4) is 0 Å². The highest BCUT2D eigenvalue weighted by molar-refractivity contribution is 7.91. The number of rotatable bonds is 6. The summed E-state index contributed by atoms with van der Waals surface area (Å²) < 4.78 is 26.7. The smallest absolute Gasteiger partial charge is 0.252 e. The molecule has 1 aliphatic carbocycles. The Morgan fingerprint density at radius 3 is 2.72 bits per heavy atom. The van der Waals surface area contributed by atoms with E-state index in [1.54, 1.807) is 19.2 Å². The van der Waals surface area contributed by atoms with Gasteiger partial charge in [-0.15, -0.1) is 11.3 Å². The zero-order chi connectivity index (χ0) is 13.3. The number of sulfonamides is 1. The van der Waals surface area contributed by atoms with E-state index in [9.17, 15) is 8.42 Å². The van der Waals surface area contributed by atoms with Gasteiger partial charge in [0.2, 0.25) is 0 Å². The Bertz CT molecular complexity index is 505. The summed E-state index contributed by atoms with van der Waals surface area (Å²) >= 11 is 1.25. The maximum atomic E-state index is 12.4. The van der Waals surface area contributed by atoms with Crippen LogP contribution in [-0.4, -0.2) is 37.5 Å². The van der Waals surface area contributed by atoms with E-state index in [1.165, 1.54) is 15.6 Å². The normalized spacial score (nSPS) is 18.2. The van der Waals surface area contributed by atoms with Crippen LogP contribution in [0.2, 0.25) is 0 Å². The molecule has 4 nitrogen and oxygen atoms in total. The molecule has 18 heavy (non-hydrogen) atoms. The minimum Gasteiger partial charge on any atom is -0.396 e. The largest absolute Gasteiger partial charge is 0.396 e. The Morgan fingerprint density at radius 1 is 1.50 bits per heavy atom. The number of aliphatic hydroxyl groups is 1. The average Bonchev–Trinajstić information content (AvgIpc) is 3.07. The van der Waals surface area contributed by atoms with Crippen molar-refractivity contribution >= 4 is 21.4 Å². The second kappa shape index (κ2) is 5.28. The number of hydrogen-bond donors (Lipinski definition) is 1. The minimum atomic E-state index is -3.37. The summed E-state index contributed by atoms with van der Waals surface area (Å²) in [6.07, 6.45) is 2.77. The first-order chi connectivity index (χ1) is 8.46. The highest BCUT2D eigenvalue weighted by Crippen LogP contribution is 2.37. The van der Waals surface area contributed by atoms with Crippen molar-refractivity contribution in [2.24, 2.45) is 5.92 Å². The van der Waals surface area contributed by atoms with E-state index in [1.807, 2.05) is 6.92 Å². The fraction of sp³-hybridized carbons (Fsp3) is 0.667. The third-order valence-corrected chi connectivity index (χ3v) is 7.06. The fourth-order valence-corrected chi connectivity index (χ4v) is 4.93. The molecule has 6 heteroatoms. The lowest BCUT2D eigenvalue weighted by Gasteiger charge is -2.23. The second-order valence-electron chi connectivity index (χ2n) is 4.79. The maximum Gasteiger partial charge on any atom is 0.252 e. The molecule has 1 atom stereocenters. The van der Waals surface area contributed by atoms with Gasteiger partial charge in [-0.1, -0.05) is 0 Å². The molecular weight excluding hydrogens is 270 g/mol. The molecule has 0 radical (unpaired) electrons. The van der Waals surface area contributed by atoms with Crippen molar-refractivity contribution in [2.75, 3.05) is 13.7 Å². The van der Waals surface area contributed by atoms with Gasteiger partial charge in [-0.25, -0.2) is 8.42 Å². The summed E-state index contributed by atoms with van der Waals surface area (Å²) in [5, 5.41) is 8.86. The summed E-state index contributed by atoms with van der Waals surface area (Å²) in [6.45, 7) is 2.02. The van der Waals surface area contributed by atoms with E-state index in [2.05, 4.69) is 0 Å². The Labute approximate surface area is 112 Å². The van der Waals surface area contributed by atoms with Crippen molar-refractivity contribution in [3.05, 3.63) is 17.0 Å². The number of aliphatic hydroxyl groups excluding tert-OH is 1. The van der Waals surface area contributed by atoms with Crippen LogP contribution in [0, 0.1) is 5.92 Å². The van der Waals surface area contributed by atoms with Gasteiger partial charge in [0, 0.05) is 31.0 Å². The third-order valence-electron chi connectivity index (χ3n) is 3.51. The Hall–Kier alpha value is -0.430. The molecule has 1 aromatic heterocycles. The standard InChI is InChI=1S/C12H19NO3S2/c1-9(10-3-4-10)13(2)18(15,16)12-6-5-11(17-12)7-8-14/h5-6,9-10,14H,3-4,7-8H2,1-2H3. The molecule has 0 spiro atoms. The molecule has 0 aromatic carbocycles. The van der Waals surface area contributed by atoms with Crippen molar-refractivity contribution in [1.29, 1.82) is 0 Å². The lowest BCUT2D eigenvalue weighted by Crippen LogP contribution is -2.36. The molecule has 0 aliphatic heterocycles. The molecule has 0 saturated heterocycles. The van der Waals surface area contributed by atoms with Crippen LogP contribution in [-0.2, 0) is 16.4 Å². The summed E-state index contributed by atoms with van der Waals surface area (Å²) in [7, 11) is -1.71. The topological polar surface area (TPSA) is 57.6 Å². The van der Waals surface area contributed by atoms with Crippen LogP contribution in [0.25, 0.3) is 0 Å². The molecule has 1 heterocycles. The van der Waals surface area contributed by atoms with Crippen LogP contribution in [0.15, 0.2) is 16.3 Å². The first-order valence-electron chi connectivity index (χ1n) is 6.14. The van der Waals surface area contributed by atoms with Crippen molar-refractivity contribution in [3.63, 3.8) is 0 Å². The van der Waals surface area contributed by atoms with Crippen LogP contribution in [0.3, 0.4) is 0 Å². The molecule has 1 aliphatic rings. The molecule has 1 unspecified atom stereocenters. The molecule has 1 N–H and O–H groups in total. The van der Waals surface area contributed by atoms with Gasteiger partial charge in [0.1, 0.15) is 4.21 Å². The lowest BCUT2D eigenvalue weighted by atomic mass is 10.2. The third kappa shape index (κ3) is 2.77. The molecule has 102 valence electrons. The second-order valence-corrected chi connectivity index (χ2v) is 8.19. The van der Waals surface area contributed by atoms with Gasteiger partial charge in [-0.3, -0.25) is 0 Å². The Morgan fingerprint density at radius 2 is 2.17 bits per heavy atom. The molecule has 1 aromatic rings. The Kier molecular flexibility index (Phi) is 4.11. The highest BCUT2D eigenvalue weighted by Gasteiger charge is 2.36. The fourth-order valence-electron chi connectivity index (χ4n) is 1.98. The van der Waals surface area contributed by atoms with Gasteiger partial charge < -0.3 is 5.11 Å². The predicted octanol–water partition coefficient (Wildman–Crippen LogP) is 1.70. The molecule has 1 saturated carbocycles. The SMILES string of the molecule is CC(C1CC1)N(C)S(=O)(=O)c1ccc(CCO)s1. The van der Waals surface area contributed by atoms with Crippen LogP contribution in [0.1, 0.15) is 24.6 Å². The van der Waals surface area contributed by atoms with Crippen LogP contribution >= 0.6 is 11.3 Å². The minimum absolute atomic E-state index is 0.0499. The van der Waals surface area contributed by atoms with Gasteiger partial charge in [-0.2, -0.15) is 4.31 Å². The summed E-state index contributed by atoms with van der Waals surface area (Å²) in [5.41, 5.74) is 0. The number of nitrogens with zero attached hydrogens (tertiary/aromatic N) is 1.